The lowest BCUT2D eigenvalue weighted by atomic mass is 9.68. The lowest BCUT2D eigenvalue weighted by Gasteiger charge is -2.43. The summed E-state index contributed by atoms with van der Waals surface area (Å²) < 4.78 is 8.18. The van der Waals surface area contributed by atoms with Crippen LogP contribution in [0.1, 0.15) is 43.7 Å². The van der Waals surface area contributed by atoms with Crippen molar-refractivity contribution >= 4 is 22.8 Å². The van der Waals surface area contributed by atoms with E-state index in [9.17, 15) is 10.1 Å². The van der Waals surface area contributed by atoms with E-state index in [0.717, 1.165) is 54.5 Å². The molecule has 1 saturated carbocycles. The zero-order chi connectivity index (χ0) is 21.6. The SMILES string of the molecule is Cc1ccncc1N1C[C@@]2(CCC[C@](C)(Cn3cnc4ccc(C#N)cc43)C2)OC1=O. The van der Waals surface area contributed by atoms with E-state index in [-0.39, 0.29) is 11.5 Å². The largest absolute Gasteiger partial charge is 0.441 e. The molecule has 0 radical (unpaired) electrons. The first-order valence-corrected chi connectivity index (χ1v) is 10.7. The molecule has 7 nitrogen and oxygen atoms in total. The Kier molecular flexibility index (Phi) is 4.47. The second-order valence-corrected chi connectivity index (χ2v) is 9.33. The molecule has 158 valence electrons. The highest BCUT2D eigenvalue weighted by molar-refractivity contribution is 5.91. The number of ether oxygens (including phenoxy) is 1. The van der Waals surface area contributed by atoms with Gasteiger partial charge in [-0.1, -0.05) is 6.92 Å². The van der Waals surface area contributed by atoms with Gasteiger partial charge in [0.25, 0.3) is 0 Å². The van der Waals surface area contributed by atoms with Crippen LogP contribution in [0.4, 0.5) is 10.5 Å². The van der Waals surface area contributed by atoms with Crippen LogP contribution < -0.4 is 4.90 Å². The zero-order valence-electron chi connectivity index (χ0n) is 17.8. The molecule has 3 aromatic rings. The standard InChI is InChI=1S/C24H25N5O2/c1-17-6-9-26-12-21(17)29-15-24(31-22(29)30)8-3-7-23(2,13-24)14-28-16-27-19-5-4-18(11-25)10-20(19)28/h4-6,9-10,12,16H,3,7-8,13-15H2,1-2H3/t23-,24-/m0/s1. The van der Waals surface area contributed by atoms with Crippen molar-refractivity contribution in [2.75, 3.05) is 11.4 Å². The molecule has 2 aromatic heterocycles. The van der Waals surface area contributed by atoms with Gasteiger partial charge in [0, 0.05) is 12.7 Å². The van der Waals surface area contributed by atoms with Gasteiger partial charge >= 0.3 is 6.09 Å². The first kappa shape index (κ1) is 19.6. The number of fused-ring (bicyclic) bond motifs is 1. The summed E-state index contributed by atoms with van der Waals surface area (Å²) in [4.78, 5) is 23.2. The van der Waals surface area contributed by atoms with Gasteiger partial charge in [0.15, 0.2) is 0 Å². The molecule has 1 aliphatic carbocycles. The molecule has 1 spiro atoms. The molecule has 1 aliphatic heterocycles. The van der Waals surface area contributed by atoms with Gasteiger partial charge in [-0.3, -0.25) is 9.88 Å². The van der Waals surface area contributed by atoms with Crippen LogP contribution in [0.5, 0.6) is 0 Å². The van der Waals surface area contributed by atoms with Gasteiger partial charge in [0.05, 0.1) is 47.4 Å². The minimum absolute atomic E-state index is 0.0468. The van der Waals surface area contributed by atoms with Gasteiger partial charge in [-0.15, -0.1) is 0 Å². The van der Waals surface area contributed by atoms with Crippen molar-refractivity contribution < 1.29 is 9.53 Å². The van der Waals surface area contributed by atoms with Gasteiger partial charge < -0.3 is 9.30 Å². The fourth-order valence-electron chi connectivity index (χ4n) is 5.36. The van der Waals surface area contributed by atoms with E-state index < -0.39 is 5.60 Å². The number of anilines is 1. The molecule has 0 bridgehead atoms. The number of aryl methyl sites for hydroxylation is 1. The summed E-state index contributed by atoms with van der Waals surface area (Å²) in [6.45, 7) is 5.57. The van der Waals surface area contributed by atoms with Gasteiger partial charge in [-0.25, -0.2) is 9.78 Å². The number of rotatable bonds is 3. The fourth-order valence-corrected chi connectivity index (χ4v) is 5.36. The molecular formula is C24H25N5O2. The fraction of sp³-hybridized carbons (Fsp3) is 0.417. The van der Waals surface area contributed by atoms with Gasteiger partial charge in [0.1, 0.15) is 5.60 Å². The van der Waals surface area contributed by atoms with Crippen molar-refractivity contribution in [2.45, 2.75) is 51.7 Å². The number of aromatic nitrogens is 3. The number of benzene rings is 1. The van der Waals surface area contributed by atoms with Crippen LogP contribution >= 0.6 is 0 Å². The number of carbonyl (C=O) groups is 1. The first-order chi connectivity index (χ1) is 14.9. The Morgan fingerprint density at radius 3 is 2.97 bits per heavy atom. The Balaban J connectivity index is 1.41. The average molecular weight is 415 g/mol. The number of amides is 1. The van der Waals surface area contributed by atoms with Crippen molar-refractivity contribution in [3.05, 3.63) is 54.1 Å². The molecule has 1 aromatic carbocycles. The molecule has 3 heterocycles. The maximum atomic E-state index is 12.8. The van der Waals surface area contributed by atoms with Crippen molar-refractivity contribution in [1.29, 1.82) is 5.26 Å². The van der Waals surface area contributed by atoms with Crippen LogP contribution in [-0.4, -0.2) is 32.8 Å². The average Bonchev–Trinajstić information content (AvgIpc) is 3.27. The van der Waals surface area contributed by atoms with Crippen LogP contribution in [0.3, 0.4) is 0 Å². The van der Waals surface area contributed by atoms with Crippen molar-refractivity contribution in [3.8, 4) is 6.07 Å². The predicted molar refractivity (Wildman–Crippen MR) is 117 cm³/mol. The summed E-state index contributed by atoms with van der Waals surface area (Å²) in [7, 11) is 0. The number of pyridine rings is 1. The smallest absolute Gasteiger partial charge is 0.415 e. The highest BCUT2D eigenvalue weighted by Gasteiger charge is 2.52. The zero-order valence-corrected chi connectivity index (χ0v) is 17.8. The van der Waals surface area contributed by atoms with Crippen LogP contribution in [-0.2, 0) is 11.3 Å². The molecular weight excluding hydrogens is 390 g/mol. The van der Waals surface area contributed by atoms with Gasteiger partial charge in [-0.2, -0.15) is 5.26 Å². The predicted octanol–water partition coefficient (Wildman–Crippen LogP) is 4.59. The number of hydrogen-bond acceptors (Lipinski definition) is 5. The molecule has 31 heavy (non-hydrogen) atoms. The summed E-state index contributed by atoms with van der Waals surface area (Å²) in [6.07, 6.45) is 8.75. The summed E-state index contributed by atoms with van der Waals surface area (Å²) in [6, 6.07) is 9.71. The summed E-state index contributed by atoms with van der Waals surface area (Å²) >= 11 is 0. The highest BCUT2D eigenvalue weighted by atomic mass is 16.6. The molecule has 0 unspecified atom stereocenters. The van der Waals surface area contributed by atoms with E-state index in [0.29, 0.717) is 12.1 Å². The van der Waals surface area contributed by atoms with Gasteiger partial charge in [0.2, 0.25) is 0 Å². The van der Waals surface area contributed by atoms with E-state index in [4.69, 9.17) is 4.74 Å². The summed E-state index contributed by atoms with van der Waals surface area (Å²) in [5.74, 6) is 0. The molecule has 2 aliphatic rings. The number of carbonyl (C=O) groups excluding carboxylic acids is 1. The van der Waals surface area contributed by atoms with Crippen molar-refractivity contribution in [3.63, 3.8) is 0 Å². The minimum Gasteiger partial charge on any atom is -0.441 e. The van der Waals surface area contributed by atoms with Crippen LogP contribution in [0.2, 0.25) is 0 Å². The Bertz CT molecular complexity index is 1210. The first-order valence-electron chi connectivity index (χ1n) is 10.7. The Morgan fingerprint density at radius 1 is 1.29 bits per heavy atom. The van der Waals surface area contributed by atoms with E-state index in [1.165, 1.54) is 0 Å². The van der Waals surface area contributed by atoms with E-state index in [1.807, 2.05) is 31.5 Å². The third-order valence-corrected chi connectivity index (χ3v) is 6.74. The monoisotopic (exact) mass is 415 g/mol. The Hall–Kier alpha value is -3.40. The van der Waals surface area contributed by atoms with Crippen LogP contribution in [0.25, 0.3) is 11.0 Å². The highest BCUT2D eigenvalue weighted by Crippen LogP contribution is 2.48. The Morgan fingerprint density at radius 2 is 2.16 bits per heavy atom. The number of hydrogen-bond donors (Lipinski definition) is 0. The maximum Gasteiger partial charge on any atom is 0.415 e. The van der Waals surface area contributed by atoms with Crippen molar-refractivity contribution in [2.24, 2.45) is 5.41 Å². The molecule has 1 amide bonds. The van der Waals surface area contributed by atoms with Crippen LogP contribution in [0, 0.1) is 23.7 Å². The second kappa shape index (κ2) is 7.09. The van der Waals surface area contributed by atoms with Crippen molar-refractivity contribution in [1.82, 2.24) is 14.5 Å². The van der Waals surface area contributed by atoms with E-state index in [2.05, 4.69) is 27.5 Å². The molecule has 1 saturated heterocycles. The molecule has 0 N–H and O–H groups in total. The van der Waals surface area contributed by atoms with Crippen LogP contribution in [0.15, 0.2) is 43.0 Å². The molecule has 5 rings (SSSR count). The third kappa shape index (κ3) is 3.42. The lowest BCUT2D eigenvalue weighted by molar-refractivity contribution is -0.0264. The number of imidazole rings is 1. The molecule has 2 atom stereocenters. The summed E-state index contributed by atoms with van der Waals surface area (Å²) in [5, 5.41) is 9.26. The third-order valence-electron chi connectivity index (χ3n) is 6.74. The second-order valence-electron chi connectivity index (χ2n) is 9.33. The number of nitrogens with zero attached hydrogens (tertiary/aromatic N) is 5. The normalized spacial score (nSPS) is 25.7. The van der Waals surface area contributed by atoms with Gasteiger partial charge in [-0.05, 0) is 67.9 Å². The quantitative estimate of drug-likeness (QED) is 0.625. The topological polar surface area (TPSA) is 84.0 Å². The number of nitriles is 1. The molecule has 2 fully saturated rings. The summed E-state index contributed by atoms with van der Waals surface area (Å²) in [5.41, 5.74) is 3.79. The van der Waals surface area contributed by atoms with E-state index >= 15 is 0 Å². The maximum absolute atomic E-state index is 12.8. The lowest BCUT2D eigenvalue weighted by Crippen LogP contribution is -2.45. The Labute approximate surface area is 181 Å². The minimum atomic E-state index is -0.486. The molecule has 7 heteroatoms. The van der Waals surface area contributed by atoms with E-state index in [1.54, 1.807) is 23.4 Å².